The second-order valence-electron chi connectivity index (χ2n) is 4.81. The maximum absolute atomic E-state index is 5.72. The predicted molar refractivity (Wildman–Crippen MR) is 109 cm³/mol. The van der Waals surface area contributed by atoms with Crippen molar-refractivity contribution in [1.29, 1.82) is 0 Å². The molecular weight excluding hydrogens is 389 g/mol. The Balaban J connectivity index is 0. The first kappa shape index (κ1) is 24.2. The molecule has 0 aromatic carbocycles. The van der Waals surface area contributed by atoms with Gasteiger partial charge in [-0.25, -0.2) is 0 Å². The Bertz CT molecular complexity index is 212. The molecule has 21 radical (unpaired) electrons. The molecule has 0 aliphatic heterocycles. The topological polar surface area (TPSA) is 0 Å². The van der Waals surface area contributed by atoms with Crippen LogP contribution in [0.4, 0.5) is 0 Å². The molecule has 0 saturated carbocycles. The minimum Gasteiger partial charge on any atom is 0 e. The van der Waals surface area contributed by atoms with Gasteiger partial charge in [-0.1, -0.05) is 0 Å². The molecule has 20 heteroatoms. The van der Waals surface area contributed by atoms with Gasteiger partial charge in [-0.05, 0) is 0 Å². The van der Waals surface area contributed by atoms with Crippen LogP contribution in [0.15, 0.2) is 0 Å². The zero-order valence-corrected chi connectivity index (χ0v) is 14.3. The first-order chi connectivity index (χ1) is 8.59. The third kappa shape index (κ3) is 7.97. The van der Waals surface area contributed by atoms with Crippen LogP contribution in [0.3, 0.4) is 0 Å². The minimum atomic E-state index is -0.806. The van der Waals surface area contributed by atoms with E-state index in [4.69, 9.17) is 77.4 Å². The molecule has 0 N–H and O–H groups in total. The van der Waals surface area contributed by atoms with Gasteiger partial charge >= 0.3 is 0 Å². The van der Waals surface area contributed by atoms with Gasteiger partial charge in [0.2, 0.25) is 0 Å². The third-order valence-electron chi connectivity index (χ3n) is 3.11. The Labute approximate surface area is 156 Å². The molecular formula is B19W. The summed E-state index contributed by atoms with van der Waals surface area (Å²) in [6, 6.07) is 0. The fourth-order valence-electron chi connectivity index (χ4n) is 2.05. The average Bonchev–Trinajstić information content (AvgIpc) is 2.20. The van der Waals surface area contributed by atoms with E-state index >= 15 is 0 Å². The van der Waals surface area contributed by atoms with Gasteiger partial charge in [0.15, 0.2) is 0 Å². The van der Waals surface area contributed by atoms with Crippen molar-refractivity contribution in [2.45, 2.75) is 0 Å². The SMILES string of the molecule is [B]B([B])B([B]B(B([B])[B])B(B([B])[B])B([B])[B])B([B])[B].[W]. The molecule has 0 aliphatic carbocycles. The molecule has 0 aliphatic rings. The van der Waals surface area contributed by atoms with E-state index in [0.29, 0.717) is 0 Å². The summed E-state index contributed by atoms with van der Waals surface area (Å²) in [4.78, 5) is 0. The second kappa shape index (κ2) is 11.5. The van der Waals surface area contributed by atoms with Crippen molar-refractivity contribution in [2.75, 3.05) is 0 Å². The molecule has 0 aromatic rings. The van der Waals surface area contributed by atoms with Crippen molar-refractivity contribution >= 4 is 136 Å². The van der Waals surface area contributed by atoms with Crippen LogP contribution < -0.4 is 0 Å². The molecule has 0 amide bonds. The van der Waals surface area contributed by atoms with E-state index in [-0.39, 0.29) is 21.1 Å². The summed E-state index contributed by atoms with van der Waals surface area (Å²) in [7, 11) is 58.2. The van der Waals surface area contributed by atoms with Crippen LogP contribution in [-0.2, 0) is 21.1 Å². The van der Waals surface area contributed by atoms with Gasteiger partial charge in [-0.2, -0.15) is 0 Å². The Morgan fingerprint density at radius 3 is 0.950 bits per heavy atom. The van der Waals surface area contributed by atoms with Gasteiger partial charge in [0.05, 0.1) is 0 Å². The smallest absolute Gasteiger partial charge is 0 e. The van der Waals surface area contributed by atoms with E-state index in [1.54, 1.807) is 7.06 Å². The van der Waals surface area contributed by atoms with Crippen molar-refractivity contribution in [3.63, 3.8) is 0 Å². The summed E-state index contributed by atoms with van der Waals surface area (Å²) in [5.74, 6) is 0. The summed E-state index contributed by atoms with van der Waals surface area (Å²) < 4.78 is 0. The zero-order chi connectivity index (χ0) is 15.3. The molecule has 0 unspecified atom stereocenters. The number of hydrogen-bond acceptors (Lipinski definition) is 0. The Morgan fingerprint density at radius 2 is 0.750 bits per heavy atom. The van der Waals surface area contributed by atoms with Crippen LogP contribution in [0.25, 0.3) is 0 Å². The van der Waals surface area contributed by atoms with Crippen molar-refractivity contribution in [2.24, 2.45) is 0 Å². The fourth-order valence-corrected chi connectivity index (χ4v) is 2.05. The molecule has 0 saturated heterocycles. The molecule has 0 aromatic heterocycles. The Hall–Kier alpha value is 1.92. The molecule has 20 heavy (non-hydrogen) atoms. The first-order valence-electron chi connectivity index (χ1n) is 6.00. The molecule has 0 nitrogen and oxygen atoms in total. The fraction of sp³-hybridized carbons (Fsp3) is 0. The maximum atomic E-state index is 5.72. The van der Waals surface area contributed by atoms with Gasteiger partial charge in [0.1, 0.15) is 0 Å². The number of hydrogen-bond donors (Lipinski definition) is 0. The predicted octanol–water partition coefficient (Wildman–Crippen LogP) is -7.24. The minimum absolute atomic E-state index is 0. The molecule has 0 spiro atoms. The van der Waals surface area contributed by atoms with Gasteiger partial charge in [-0.3, -0.25) is 0 Å². The van der Waals surface area contributed by atoms with Gasteiger partial charge in [-0.15, -0.1) is 0 Å². The van der Waals surface area contributed by atoms with Gasteiger partial charge < -0.3 is 0 Å². The standard InChI is InChI=1S/B19.W/c1-12(2)17(13(3)4)11-18(14(5)6)19(15(7)8)16(9)10;. The van der Waals surface area contributed by atoms with Crippen LogP contribution in [-0.4, -0.2) is 136 Å². The van der Waals surface area contributed by atoms with Crippen molar-refractivity contribution in [3.05, 3.63) is 0 Å². The summed E-state index contributed by atoms with van der Waals surface area (Å²) in [5, 5.41) is 0. The van der Waals surface area contributed by atoms with Gasteiger partial charge in [0, 0.05) is 157 Å². The van der Waals surface area contributed by atoms with E-state index in [1.165, 1.54) is 0 Å². The Kier molecular flexibility index (Phi) is 13.8. The first-order valence-corrected chi connectivity index (χ1v) is 6.00. The van der Waals surface area contributed by atoms with E-state index in [2.05, 4.69) is 0 Å². The van der Waals surface area contributed by atoms with Crippen molar-refractivity contribution in [1.82, 2.24) is 0 Å². The van der Waals surface area contributed by atoms with Crippen LogP contribution in [0.2, 0.25) is 0 Å². The van der Waals surface area contributed by atoms with E-state index < -0.39 is 51.1 Å². The average molecular weight is 389 g/mol. The molecule has 0 rings (SSSR count). The maximum Gasteiger partial charge on any atom is 0 e. The second-order valence-corrected chi connectivity index (χ2v) is 4.81. The molecule has 0 bridgehead atoms. The van der Waals surface area contributed by atoms with Crippen molar-refractivity contribution in [3.8, 4) is 0 Å². The molecule has 63 valence electrons. The number of rotatable bonds is 8. The summed E-state index contributed by atoms with van der Waals surface area (Å²) in [6.07, 6.45) is -5.56. The van der Waals surface area contributed by atoms with E-state index in [0.717, 1.165) is 0 Å². The van der Waals surface area contributed by atoms with Gasteiger partial charge in [0.25, 0.3) is 0 Å². The van der Waals surface area contributed by atoms with E-state index in [1.807, 2.05) is 0 Å². The van der Waals surface area contributed by atoms with E-state index in [9.17, 15) is 0 Å². The normalized spacial score (nSPS) is 8.60. The quantitative estimate of drug-likeness (QED) is 0.362. The van der Waals surface area contributed by atoms with Crippen LogP contribution in [0.1, 0.15) is 0 Å². The Morgan fingerprint density at radius 1 is 0.450 bits per heavy atom. The zero-order valence-electron chi connectivity index (χ0n) is 11.4. The summed E-state index contributed by atoms with van der Waals surface area (Å²) in [6.45, 7) is 0. The molecule has 0 atom stereocenters. The molecule has 0 heterocycles. The monoisotopic (exact) mass is 393 g/mol. The third-order valence-corrected chi connectivity index (χ3v) is 3.11. The summed E-state index contributed by atoms with van der Waals surface area (Å²) >= 11 is 0. The largest absolute Gasteiger partial charge is 0 e. The van der Waals surface area contributed by atoms with Crippen LogP contribution in [0, 0.1) is 0 Å². The van der Waals surface area contributed by atoms with Crippen molar-refractivity contribution < 1.29 is 21.1 Å². The van der Waals surface area contributed by atoms with Crippen LogP contribution in [0.5, 0.6) is 0 Å². The summed E-state index contributed by atoms with van der Waals surface area (Å²) in [5.41, 5.74) is 0. The molecule has 0 fully saturated rings. The van der Waals surface area contributed by atoms with Crippen LogP contribution >= 0.6 is 0 Å².